The van der Waals surface area contributed by atoms with Crippen molar-refractivity contribution in [3.05, 3.63) is 57.3 Å². The molecule has 2 aromatic rings. The highest BCUT2D eigenvalue weighted by Crippen LogP contribution is 2.31. The van der Waals surface area contributed by atoms with Crippen molar-refractivity contribution >= 4 is 35.0 Å². The molecule has 2 N–H and O–H groups in total. The second-order valence-corrected chi connectivity index (χ2v) is 8.16. The quantitative estimate of drug-likeness (QED) is 0.516. The number of imide groups is 1. The second-order valence-electron chi connectivity index (χ2n) is 6.99. The number of carbonyl (C=O) groups is 4. The molecule has 1 aliphatic rings. The number of hydrogen-bond donors (Lipinski definition) is 2. The molecule has 4 amide bonds. The number of rotatable bonds is 7. The van der Waals surface area contributed by atoms with Crippen LogP contribution in [0.1, 0.15) is 34.0 Å². The topological polar surface area (TPSA) is 95.6 Å². The van der Waals surface area contributed by atoms with Crippen LogP contribution in [-0.2, 0) is 21.5 Å². The van der Waals surface area contributed by atoms with Crippen LogP contribution in [0.25, 0.3) is 0 Å². The van der Waals surface area contributed by atoms with Crippen LogP contribution >= 0.6 is 11.3 Å². The summed E-state index contributed by atoms with van der Waals surface area (Å²) in [6.45, 7) is 2.57. The Kier molecular flexibility index (Phi) is 5.97. The van der Waals surface area contributed by atoms with Gasteiger partial charge in [0.15, 0.2) is 5.78 Å². The van der Waals surface area contributed by atoms with E-state index in [9.17, 15) is 28.0 Å². The number of thiophene rings is 1. The number of amides is 4. The lowest BCUT2D eigenvalue weighted by Crippen LogP contribution is -2.42. The maximum absolute atomic E-state index is 14.2. The fraction of sp³-hybridized carbons (Fsp3) is 0.300. The molecule has 1 aromatic carbocycles. The van der Waals surface area contributed by atoms with Gasteiger partial charge in [-0.05, 0) is 43.7 Å². The Morgan fingerprint density at radius 3 is 2.63 bits per heavy atom. The number of urea groups is 1. The number of carbonyl (C=O) groups excluding carboxylic acids is 4. The molecule has 3 rings (SSSR count). The summed E-state index contributed by atoms with van der Waals surface area (Å²) in [5.74, 6) is -3.05. The SMILES string of the molecule is CC(=O)NCCc1ccc(C(=O)CN2C(=O)NC(C)(c3cc(F)ccc3F)C2=O)s1. The molecule has 10 heteroatoms. The number of halogens is 2. The minimum atomic E-state index is -1.82. The zero-order chi connectivity index (χ0) is 22.1. The number of Topliss-reactive ketones (excluding diaryl/α,β-unsaturated/α-hetero) is 1. The van der Waals surface area contributed by atoms with Gasteiger partial charge in [-0.15, -0.1) is 11.3 Å². The molecule has 1 saturated heterocycles. The molecule has 30 heavy (non-hydrogen) atoms. The van der Waals surface area contributed by atoms with Gasteiger partial charge in [0.05, 0.1) is 11.4 Å². The Morgan fingerprint density at radius 1 is 1.20 bits per heavy atom. The highest BCUT2D eigenvalue weighted by molar-refractivity contribution is 7.14. The highest BCUT2D eigenvalue weighted by Gasteiger charge is 2.50. The monoisotopic (exact) mass is 435 g/mol. The minimum Gasteiger partial charge on any atom is -0.356 e. The Morgan fingerprint density at radius 2 is 1.93 bits per heavy atom. The van der Waals surface area contributed by atoms with Crippen molar-refractivity contribution in [1.29, 1.82) is 0 Å². The van der Waals surface area contributed by atoms with Crippen LogP contribution in [0.15, 0.2) is 30.3 Å². The summed E-state index contributed by atoms with van der Waals surface area (Å²) >= 11 is 1.20. The molecule has 0 radical (unpaired) electrons. The van der Waals surface area contributed by atoms with Gasteiger partial charge in [-0.2, -0.15) is 0 Å². The van der Waals surface area contributed by atoms with E-state index in [0.29, 0.717) is 22.7 Å². The van der Waals surface area contributed by atoms with Crippen molar-refractivity contribution in [3.63, 3.8) is 0 Å². The van der Waals surface area contributed by atoms with E-state index in [1.165, 1.54) is 25.2 Å². The molecule has 1 aromatic heterocycles. The van der Waals surface area contributed by atoms with Crippen molar-refractivity contribution < 1.29 is 28.0 Å². The first-order valence-corrected chi connectivity index (χ1v) is 9.89. The molecular formula is C20H19F2N3O4S. The summed E-state index contributed by atoms with van der Waals surface area (Å²) in [5, 5.41) is 5.01. The molecular weight excluding hydrogens is 416 g/mol. The molecule has 158 valence electrons. The number of benzene rings is 1. The molecule has 0 aliphatic carbocycles. The lowest BCUT2D eigenvalue weighted by molar-refractivity contribution is -0.130. The molecule has 1 aliphatic heterocycles. The van der Waals surface area contributed by atoms with E-state index in [1.54, 1.807) is 12.1 Å². The maximum Gasteiger partial charge on any atom is 0.325 e. The summed E-state index contributed by atoms with van der Waals surface area (Å²) in [6.07, 6.45) is 0.539. The average molecular weight is 435 g/mol. The van der Waals surface area contributed by atoms with Crippen molar-refractivity contribution in [2.24, 2.45) is 0 Å². The van der Waals surface area contributed by atoms with Crippen molar-refractivity contribution in [2.45, 2.75) is 25.8 Å². The molecule has 0 bridgehead atoms. The Bertz CT molecular complexity index is 1040. The van der Waals surface area contributed by atoms with Crippen LogP contribution < -0.4 is 10.6 Å². The molecule has 1 unspecified atom stereocenters. The summed E-state index contributed by atoms with van der Waals surface area (Å²) in [5.41, 5.74) is -2.13. The smallest absolute Gasteiger partial charge is 0.325 e. The molecule has 1 atom stereocenters. The average Bonchev–Trinajstić information content (AvgIpc) is 3.23. The first kappa shape index (κ1) is 21.6. The maximum atomic E-state index is 14.2. The van der Waals surface area contributed by atoms with Crippen LogP contribution in [0.3, 0.4) is 0 Å². The van der Waals surface area contributed by atoms with Crippen LogP contribution in [-0.4, -0.2) is 41.6 Å². The van der Waals surface area contributed by atoms with E-state index in [2.05, 4.69) is 10.6 Å². The van der Waals surface area contributed by atoms with Gasteiger partial charge in [-0.1, -0.05) is 0 Å². The molecule has 0 saturated carbocycles. The predicted octanol–water partition coefficient (Wildman–Crippen LogP) is 2.35. The van der Waals surface area contributed by atoms with Gasteiger partial charge in [-0.25, -0.2) is 13.6 Å². The standard InChI is InChI=1S/C20H19F2N3O4S/c1-11(26)23-8-7-13-4-6-17(30-13)16(27)10-25-18(28)20(2,24-19(25)29)14-9-12(21)3-5-15(14)22/h3-6,9H,7-8,10H2,1-2H3,(H,23,26)(H,24,29). The van der Waals surface area contributed by atoms with E-state index in [4.69, 9.17) is 0 Å². The van der Waals surface area contributed by atoms with Gasteiger partial charge in [0.25, 0.3) is 5.91 Å². The molecule has 2 heterocycles. The highest BCUT2D eigenvalue weighted by atomic mass is 32.1. The van der Waals surface area contributed by atoms with Gasteiger partial charge in [0.2, 0.25) is 5.91 Å². The number of ketones is 1. The van der Waals surface area contributed by atoms with Crippen molar-refractivity contribution in [1.82, 2.24) is 15.5 Å². The van der Waals surface area contributed by atoms with Gasteiger partial charge >= 0.3 is 6.03 Å². The summed E-state index contributed by atoms with van der Waals surface area (Å²) in [7, 11) is 0. The zero-order valence-electron chi connectivity index (χ0n) is 16.3. The van der Waals surface area contributed by atoms with E-state index in [-0.39, 0.29) is 11.5 Å². The third-order valence-corrected chi connectivity index (χ3v) is 5.91. The Hall–Kier alpha value is -3.14. The van der Waals surface area contributed by atoms with E-state index in [1.807, 2.05) is 0 Å². The normalized spacial score (nSPS) is 18.5. The molecule has 7 nitrogen and oxygen atoms in total. The van der Waals surface area contributed by atoms with Crippen molar-refractivity contribution in [2.75, 3.05) is 13.1 Å². The van der Waals surface area contributed by atoms with E-state index in [0.717, 1.165) is 23.1 Å². The summed E-state index contributed by atoms with van der Waals surface area (Å²) in [4.78, 5) is 50.6. The van der Waals surface area contributed by atoms with Crippen molar-refractivity contribution in [3.8, 4) is 0 Å². The zero-order valence-corrected chi connectivity index (χ0v) is 17.1. The molecule has 1 fully saturated rings. The van der Waals surface area contributed by atoms with Crippen LogP contribution in [0.5, 0.6) is 0 Å². The lowest BCUT2D eigenvalue weighted by atomic mass is 9.91. The number of hydrogen-bond acceptors (Lipinski definition) is 5. The summed E-state index contributed by atoms with van der Waals surface area (Å²) in [6, 6.07) is 5.08. The van der Waals surface area contributed by atoms with Gasteiger partial charge in [0.1, 0.15) is 17.2 Å². The predicted molar refractivity (Wildman–Crippen MR) is 105 cm³/mol. The Balaban J connectivity index is 1.73. The lowest BCUT2D eigenvalue weighted by Gasteiger charge is -2.22. The first-order chi connectivity index (χ1) is 14.1. The second kappa shape index (κ2) is 8.31. The van der Waals surface area contributed by atoms with Gasteiger partial charge in [-0.3, -0.25) is 19.3 Å². The largest absolute Gasteiger partial charge is 0.356 e. The van der Waals surface area contributed by atoms with Gasteiger partial charge < -0.3 is 10.6 Å². The van der Waals surface area contributed by atoms with Crippen LogP contribution in [0.4, 0.5) is 13.6 Å². The Labute approximate surface area is 175 Å². The summed E-state index contributed by atoms with van der Waals surface area (Å²) < 4.78 is 27.8. The fourth-order valence-corrected chi connectivity index (χ4v) is 4.09. The van der Waals surface area contributed by atoms with Gasteiger partial charge in [0, 0.05) is 23.9 Å². The van der Waals surface area contributed by atoms with E-state index >= 15 is 0 Å². The third-order valence-electron chi connectivity index (χ3n) is 4.73. The molecule has 0 spiro atoms. The van der Waals surface area contributed by atoms with Crippen LogP contribution in [0.2, 0.25) is 0 Å². The third kappa shape index (κ3) is 4.23. The fourth-order valence-electron chi connectivity index (χ4n) is 3.15. The first-order valence-electron chi connectivity index (χ1n) is 9.08. The van der Waals surface area contributed by atoms with Crippen LogP contribution in [0, 0.1) is 11.6 Å². The number of nitrogens with one attached hydrogen (secondary N) is 2. The number of nitrogens with zero attached hydrogens (tertiary/aromatic N) is 1. The van der Waals surface area contributed by atoms with E-state index < -0.39 is 41.4 Å². The minimum absolute atomic E-state index is 0.154.